The molecule has 0 radical (unpaired) electrons. The average Bonchev–Trinajstić information content (AvgIpc) is 2.81. The van der Waals surface area contributed by atoms with E-state index in [-0.39, 0.29) is 17.4 Å². The van der Waals surface area contributed by atoms with Crippen LogP contribution in [-0.2, 0) is 9.53 Å². The van der Waals surface area contributed by atoms with Crippen LogP contribution in [0.15, 0.2) is 18.2 Å². The minimum absolute atomic E-state index is 0.143. The number of hydrogen-bond donors (Lipinski definition) is 2. The Morgan fingerprint density at radius 3 is 2.83 bits per heavy atom. The van der Waals surface area contributed by atoms with Crippen molar-refractivity contribution in [3.63, 3.8) is 0 Å². The summed E-state index contributed by atoms with van der Waals surface area (Å²) in [5, 5.41) is 11.8. The van der Waals surface area contributed by atoms with Gasteiger partial charge in [-0.15, -0.1) is 0 Å². The lowest BCUT2D eigenvalue weighted by atomic mass is 10.0. The quantitative estimate of drug-likeness (QED) is 0.854. The van der Waals surface area contributed by atoms with Crippen molar-refractivity contribution < 1.29 is 19.4 Å². The number of carbonyl (C=O) groups excluding carboxylic acids is 1. The minimum Gasteiger partial charge on any atom is -0.478 e. The molecule has 2 N–H and O–H groups in total. The Morgan fingerprint density at radius 2 is 2.22 bits per heavy atom. The molecule has 1 fully saturated rings. The van der Waals surface area contributed by atoms with Gasteiger partial charge in [0, 0.05) is 6.61 Å². The van der Waals surface area contributed by atoms with Crippen LogP contribution >= 0.6 is 0 Å². The Hall–Kier alpha value is -1.88. The van der Waals surface area contributed by atoms with E-state index in [1.807, 2.05) is 0 Å². The molecule has 1 aromatic carbocycles. The van der Waals surface area contributed by atoms with Gasteiger partial charge in [0.15, 0.2) is 0 Å². The van der Waals surface area contributed by atoms with Gasteiger partial charge in [0.1, 0.15) is 0 Å². The predicted octanol–water partition coefficient (Wildman–Crippen LogP) is 1.67. The first kappa shape index (κ1) is 12.6. The van der Waals surface area contributed by atoms with Crippen molar-refractivity contribution in [3.8, 4) is 0 Å². The molecular formula is C13H15NO4. The molecule has 1 unspecified atom stereocenters. The number of nitrogens with one attached hydrogen (secondary N) is 1. The van der Waals surface area contributed by atoms with E-state index in [0.29, 0.717) is 30.9 Å². The van der Waals surface area contributed by atoms with Gasteiger partial charge in [0.05, 0.1) is 23.8 Å². The normalized spacial score (nSPS) is 18.6. The number of carbonyl (C=O) groups is 2. The van der Waals surface area contributed by atoms with Crippen molar-refractivity contribution in [3.05, 3.63) is 29.3 Å². The molecule has 1 aromatic rings. The summed E-state index contributed by atoms with van der Waals surface area (Å²) in [6.07, 6.45) is 0.681. The molecule has 1 aliphatic heterocycles. The fraction of sp³-hybridized carbons (Fsp3) is 0.385. The number of carboxylic acids is 1. The van der Waals surface area contributed by atoms with Crippen molar-refractivity contribution in [1.82, 2.24) is 0 Å². The van der Waals surface area contributed by atoms with Crippen LogP contribution in [0.25, 0.3) is 0 Å². The van der Waals surface area contributed by atoms with Crippen molar-refractivity contribution >= 4 is 17.6 Å². The Bertz CT molecular complexity index is 478. The van der Waals surface area contributed by atoms with E-state index >= 15 is 0 Å². The standard InChI is InChI=1S/C13H15NO4/c1-8-3-2-4-10(11(8)13(16)17)14-12(15)9-5-6-18-7-9/h2-4,9H,5-7H2,1H3,(H,14,15)(H,16,17). The van der Waals surface area contributed by atoms with Crippen LogP contribution in [0.1, 0.15) is 22.3 Å². The molecule has 1 aliphatic rings. The molecule has 96 valence electrons. The maximum absolute atomic E-state index is 11.9. The Kier molecular flexibility index (Phi) is 3.62. The lowest BCUT2D eigenvalue weighted by molar-refractivity contribution is -0.119. The lowest BCUT2D eigenvalue weighted by Gasteiger charge is -2.12. The average molecular weight is 249 g/mol. The van der Waals surface area contributed by atoms with Crippen molar-refractivity contribution in [2.24, 2.45) is 5.92 Å². The third-order valence-electron chi connectivity index (χ3n) is 3.05. The maximum atomic E-state index is 11.9. The molecule has 1 amide bonds. The summed E-state index contributed by atoms with van der Waals surface area (Å²) in [6.45, 7) is 2.69. The van der Waals surface area contributed by atoms with Gasteiger partial charge in [-0.25, -0.2) is 4.79 Å². The first-order valence-electron chi connectivity index (χ1n) is 5.81. The van der Waals surface area contributed by atoms with Gasteiger partial charge in [0.25, 0.3) is 0 Å². The highest BCUT2D eigenvalue weighted by molar-refractivity contribution is 6.02. The number of rotatable bonds is 3. The van der Waals surface area contributed by atoms with Gasteiger partial charge >= 0.3 is 5.97 Å². The SMILES string of the molecule is Cc1cccc(NC(=O)C2CCOC2)c1C(=O)O. The smallest absolute Gasteiger partial charge is 0.338 e. The Morgan fingerprint density at radius 1 is 1.44 bits per heavy atom. The van der Waals surface area contributed by atoms with Crippen molar-refractivity contribution in [2.45, 2.75) is 13.3 Å². The van der Waals surface area contributed by atoms with Crippen LogP contribution in [0, 0.1) is 12.8 Å². The number of anilines is 1. The minimum atomic E-state index is -1.04. The third kappa shape index (κ3) is 2.51. The van der Waals surface area contributed by atoms with Crippen molar-refractivity contribution in [1.29, 1.82) is 0 Å². The van der Waals surface area contributed by atoms with E-state index < -0.39 is 5.97 Å². The highest BCUT2D eigenvalue weighted by atomic mass is 16.5. The van der Waals surface area contributed by atoms with E-state index in [9.17, 15) is 9.59 Å². The van der Waals surface area contributed by atoms with Gasteiger partial charge < -0.3 is 15.2 Å². The van der Waals surface area contributed by atoms with Gasteiger partial charge in [-0.3, -0.25) is 4.79 Å². The maximum Gasteiger partial charge on any atom is 0.338 e. The number of hydrogen-bond acceptors (Lipinski definition) is 3. The molecule has 0 bridgehead atoms. The van der Waals surface area contributed by atoms with Gasteiger partial charge in [0.2, 0.25) is 5.91 Å². The summed E-state index contributed by atoms with van der Waals surface area (Å²) in [5.74, 6) is -1.40. The van der Waals surface area contributed by atoms with E-state index in [2.05, 4.69) is 5.32 Å². The van der Waals surface area contributed by atoms with Crippen LogP contribution in [0.4, 0.5) is 5.69 Å². The molecule has 5 heteroatoms. The zero-order valence-electron chi connectivity index (χ0n) is 10.1. The second-order valence-corrected chi connectivity index (χ2v) is 4.35. The summed E-state index contributed by atoms with van der Waals surface area (Å²) < 4.78 is 5.14. The molecule has 1 saturated heterocycles. The number of ether oxygens (including phenoxy) is 1. The third-order valence-corrected chi connectivity index (χ3v) is 3.05. The first-order chi connectivity index (χ1) is 8.59. The number of aryl methyl sites for hydroxylation is 1. The second kappa shape index (κ2) is 5.18. The zero-order chi connectivity index (χ0) is 13.1. The molecule has 2 rings (SSSR count). The topological polar surface area (TPSA) is 75.6 Å². The summed E-state index contributed by atoms with van der Waals surface area (Å²) >= 11 is 0. The highest BCUT2D eigenvalue weighted by Gasteiger charge is 2.25. The molecule has 1 atom stereocenters. The molecule has 0 spiro atoms. The zero-order valence-corrected chi connectivity index (χ0v) is 10.1. The largest absolute Gasteiger partial charge is 0.478 e. The molecule has 0 saturated carbocycles. The van der Waals surface area contributed by atoms with Crippen LogP contribution in [0.5, 0.6) is 0 Å². The first-order valence-corrected chi connectivity index (χ1v) is 5.81. The fourth-order valence-corrected chi connectivity index (χ4v) is 2.03. The summed E-state index contributed by atoms with van der Waals surface area (Å²) in [6, 6.07) is 5.03. The number of aromatic carboxylic acids is 1. The number of amides is 1. The lowest BCUT2D eigenvalue weighted by Crippen LogP contribution is -2.24. The Labute approximate surface area is 105 Å². The van der Waals surface area contributed by atoms with Crippen molar-refractivity contribution in [2.75, 3.05) is 18.5 Å². The van der Waals surface area contributed by atoms with Crippen LogP contribution in [0.2, 0.25) is 0 Å². The second-order valence-electron chi connectivity index (χ2n) is 4.35. The van der Waals surface area contributed by atoms with E-state index in [1.165, 1.54) is 0 Å². The van der Waals surface area contributed by atoms with Gasteiger partial charge in [-0.1, -0.05) is 12.1 Å². The highest BCUT2D eigenvalue weighted by Crippen LogP contribution is 2.22. The van der Waals surface area contributed by atoms with E-state index in [4.69, 9.17) is 9.84 Å². The molecule has 1 heterocycles. The van der Waals surface area contributed by atoms with E-state index in [0.717, 1.165) is 0 Å². The number of benzene rings is 1. The fourth-order valence-electron chi connectivity index (χ4n) is 2.03. The summed E-state index contributed by atoms with van der Waals surface area (Å²) in [5.41, 5.74) is 1.12. The predicted molar refractivity (Wildman–Crippen MR) is 65.7 cm³/mol. The monoisotopic (exact) mass is 249 g/mol. The Balaban J connectivity index is 2.20. The molecule has 0 aromatic heterocycles. The molecule has 18 heavy (non-hydrogen) atoms. The van der Waals surface area contributed by atoms with Crippen LogP contribution in [0.3, 0.4) is 0 Å². The molecule has 0 aliphatic carbocycles. The van der Waals surface area contributed by atoms with E-state index in [1.54, 1.807) is 25.1 Å². The van der Waals surface area contributed by atoms with Gasteiger partial charge in [-0.2, -0.15) is 0 Å². The molecule has 5 nitrogen and oxygen atoms in total. The number of carboxylic acid groups (broad SMARTS) is 1. The summed E-state index contributed by atoms with van der Waals surface area (Å²) in [7, 11) is 0. The van der Waals surface area contributed by atoms with Gasteiger partial charge in [-0.05, 0) is 25.0 Å². The molecular weight excluding hydrogens is 234 g/mol. The van der Waals surface area contributed by atoms with Crippen LogP contribution < -0.4 is 5.32 Å². The summed E-state index contributed by atoms with van der Waals surface area (Å²) in [4.78, 5) is 23.1. The van der Waals surface area contributed by atoms with Crippen LogP contribution in [-0.4, -0.2) is 30.2 Å².